The van der Waals surface area contributed by atoms with Gasteiger partial charge in [0.1, 0.15) is 16.2 Å². The summed E-state index contributed by atoms with van der Waals surface area (Å²) in [5.41, 5.74) is 1.32. The summed E-state index contributed by atoms with van der Waals surface area (Å²) in [5, 5.41) is 12.1. The van der Waals surface area contributed by atoms with Crippen molar-refractivity contribution in [2.24, 2.45) is 0 Å². The predicted octanol–water partition coefficient (Wildman–Crippen LogP) is 4.80. The number of hydrogen-bond acceptors (Lipinski definition) is 4. The number of hydrogen-bond donors (Lipinski definition) is 1. The fourth-order valence-electron chi connectivity index (χ4n) is 3.30. The summed E-state index contributed by atoms with van der Waals surface area (Å²) < 4.78 is 1.33. The molecule has 2 aromatic heterocycles. The highest BCUT2D eigenvalue weighted by Crippen LogP contribution is 2.33. The van der Waals surface area contributed by atoms with Crippen molar-refractivity contribution >= 4 is 27.5 Å². The normalized spacial score (nSPS) is 12.5. The molecule has 0 saturated heterocycles. The fraction of sp³-hybridized carbons (Fsp3) is 0.409. The first-order chi connectivity index (χ1) is 13.0. The Kier molecular flexibility index (Phi) is 4.96. The van der Waals surface area contributed by atoms with Gasteiger partial charge < -0.3 is 5.11 Å². The van der Waals surface area contributed by atoms with E-state index in [-0.39, 0.29) is 11.0 Å². The number of nitrogens with zero attached hydrogens (tertiary/aromatic N) is 2. The van der Waals surface area contributed by atoms with Crippen LogP contribution in [0, 0.1) is 0 Å². The lowest BCUT2D eigenvalue weighted by atomic mass is 9.86. The van der Waals surface area contributed by atoms with Crippen molar-refractivity contribution in [3.05, 3.63) is 51.4 Å². The van der Waals surface area contributed by atoms with Crippen LogP contribution in [0.2, 0.25) is 0 Å². The van der Waals surface area contributed by atoms with Crippen molar-refractivity contribution in [1.29, 1.82) is 0 Å². The molecule has 0 radical (unpaired) electrons. The van der Waals surface area contributed by atoms with E-state index in [0.29, 0.717) is 22.5 Å². The first-order valence-electron chi connectivity index (χ1n) is 9.36. The average Bonchev–Trinajstić information content (AvgIpc) is 3.04. The Hall–Kier alpha value is -2.47. The van der Waals surface area contributed by atoms with E-state index < -0.39 is 11.5 Å². The lowest BCUT2D eigenvalue weighted by Gasteiger charge is -2.25. The molecule has 0 bridgehead atoms. The minimum Gasteiger partial charge on any atom is -0.480 e. The summed E-state index contributed by atoms with van der Waals surface area (Å²) in [6.07, 6.45) is 0.482. The molecule has 148 valence electrons. The van der Waals surface area contributed by atoms with Crippen LogP contribution in [-0.2, 0) is 22.2 Å². The maximum absolute atomic E-state index is 13.4. The summed E-state index contributed by atoms with van der Waals surface area (Å²) in [6, 6.07) is 8.18. The highest BCUT2D eigenvalue weighted by Gasteiger charge is 2.34. The molecule has 0 aliphatic heterocycles. The van der Waals surface area contributed by atoms with Crippen molar-refractivity contribution in [1.82, 2.24) is 9.55 Å². The summed E-state index contributed by atoms with van der Waals surface area (Å²) in [6.45, 7) is 11.4. The van der Waals surface area contributed by atoms with E-state index in [4.69, 9.17) is 0 Å². The molecule has 1 aromatic carbocycles. The van der Waals surface area contributed by atoms with Crippen LogP contribution in [-0.4, -0.2) is 20.6 Å². The highest BCUT2D eigenvalue weighted by molar-refractivity contribution is 7.17. The number of thiophene rings is 1. The zero-order valence-corrected chi connectivity index (χ0v) is 18.0. The molecule has 0 saturated carbocycles. The Bertz CT molecular complexity index is 1100. The van der Waals surface area contributed by atoms with Gasteiger partial charge in [-0.25, -0.2) is 9.78 Å². The van der Waals surface area contributed by atoms with Crippen LogP contribution in [0.4, 0.5) is 0 Å². The molecular weight excluding hydrogens is 372 g/mol. The fourth-order valence-corrected chi connectivity index (χ4v) is 4.26. The Balaban J connectivity index is 2.27. The lowest BCUT2D eigenvalue weighted by molar-refractivity contribution is -0.146. The Morgan fingerprint density at radius 3 is 2.25 bits per heavy atom. The van der Waals surface area contributed by atoms with Gasteiger partial charge in [0.15, 0.2) is 0 Å². The number of aryl methyl sites for hydroxylation is 1. The van der Waals surface area contributed by atoms with Crippen LogP contribution in [0.3, 0.4) is 0 Å². The molecule has 2 heterocycles. The van der Waals surface area contributed by atoms with Gasteiger partial charge in [-0.2, -0.15) is 0 Å². The quantitative estimate of drug-likeness (QED) is 0.685. The zero-order chi connectivity index (χ0) is 20.9. The van der Waals surface area contributed by atoms with Crippen LogP contribution in [0.15, 0.2) is 34.4 Å². The summed E-state index contributed by atoms with van der Waals surface area (Å²) in [7, 11) is 0. The first kappa shape index (κ1) is 20.3. The van der Waals surface area contributed by atoms with Gasteiger partial charge in [0, 0.05) is 17.4 Å². The third-order valence-corrected chi connectivity index (χ3v) is 6.01. The van der Waals surface area contributed by atoms with Gasteiger partial charge >= 0.3 is 5.97 Å². The van der Waals surface area contributed by atoms with Crippen LogP contribution in [0.1, 0.15) is 52.9 Å². The number of fused-ring (bicyclic) bond motifs is 1. The van der Waals surface area contributed by atoms with E-state index in [1.807, 2.05) is 24.4 Å². The number of aromatic nitrogens is 2. The summed E-state index contributed by atoms with van der Waals surface area (Å²) >= 11 is 1.42. The van der Waals surface area contributed by atoms with E-state index in [1.54, 1.807) is 0 Å². The standard InChI is InChI=1S/C22H26N2O3S/c1-7-16-23-18-17(19(25)24(16)22(5,6)20(26)27)15(12-28-18)13-8-10-14(11-9-13)21(2,3)4/h8-12H,7H2,1-6H3,(H,26,27). The second kappa shape index (κ2) is 6.85. The minimum absolute atomic E-state index is 0.0467. The maximum Gasteiger partial charge on any atom is 0.329 e. The minimum atomic E-state index is -1.38. The number of carboxylic acid groups (broad SMARTS) is 1. The summed E-state index contributed by atoms with van der Waals surface area (Å²) in [4.78, 5) is 30.5. The number of benzene rings is 1. The van der Waals surface area contributed by atoms with Gasteiger partial charge in [0.2, 0.25) is 0 Å². The SMILES string of the molecule is CCc1nc2scc(-c3ccc(C(C)(C)C)cc3)c2c(=O)n1C(C)(C)C(=O)O. The summed E-state index contributed by atoms with van der Waals surface area (Å²) in [5.74, 6) is -0.571. The Morgan fingerprint density at radius 1 is 1.14 bits per heavy atom. The van der Waals surface area contributed by atoms with Gasteiger partial charge in [-0.3, -0.25) is 9.36 Å². The van der Waals surface area contributed by atoms with E-state index in [9.17, 15) is 14.7 Å². The molecule has 0 aliphatic rings. The molecule has 6 heteroatoms. The molecule has 0 unspecified atom stereocenters. The predicted molar refractivity (Wildman–Crippen MR) is 114 cm³/mol. The van der Waals surface area contributed by atoms with E-state index in [2.05, 4.69) is 37.9 Å². The average molecular weight is 399 g/mol. The van der Waals surface area contributed by atoms with Crippen LogP contribution >= 0.6 is 11.3 Å². The monoisotopic (exact) mass is 398 g/mol. The van der Waals surface area contributed by atoms with E-state index in [1.165, 1.54) is 35.3 Å². The number of rotatable bonds is 4. The van der Waals surface area contributed by atoms with Crippen LogP contribution in [0.25, 0.3) is 21.3 Å². The van der Waals surface area contributed by atoms with Gasteiger partial charge in [-0.05, 0) is 30.4 Å². The Morgan fingerprint density at radius 2 is 1.75 bits per heavy atom. The number of carbonyl (C=O) groups is 1. The number of carboxylic acids is 1. The largest absolute Gasteiger partial charge is 0.480 e. The first-order valence-corrected chi connectivity index (χ1v) is 10.2. The molecular formula is C22H26N2O3S. The molecule has 5 nitrogen and oxygen atoms in total. The molecule has 3 aromatic rings. The highest BCUT2D eigenvalue weighted by atomic mass is 32.1. The number of aliphatic carboxylic acids is 1. The molecule has 0 aliphatic carbocycles. The topological polar surface area (TPSA) is 72.2 Å². The Labute approximate surface area is 168 Å². The third kappa shape index (κ3) is 3.26. The van der Waals surface area contributed by atoms with Crippen molar-refractivity contribution in [3.63, 3.8) is 0 Å². The second-order valence-corrected chi connectivity index (χ2v) is 9.40. The molecule has 0 fully saturated rings. The molecule has 3 rings (SSSR count). The smallest absolute Gasteiger partial charge is 0.329 e. The molecule has 0 amide bonds. The maximum atomic E-state index is 13.4. The molecule has 0 atom stereocenters. The van der Waals surface area contributed by atoms with E-state index in [0.717, 1.165) is 11.1 Å². The van der Waals surface area contributed by atoms with Gasteiger partial charge in [0.05, 0.1) is 5.39 Å². The third-order valence-electron chi connectivity index (χ3n) is 5.14. The van der Waals surface area contributed by atoms with Gasteiger partial charge in [0.25, 0.3) is 5.56 Å². The van der Waals surface area contributed by atoms with Crippen molar-refractivity contribution in [3.8, 4) is 11.1 Å². The molecule has 1 N–H and O–H groups in total. The van der Waals surface area contributed by atoms with Crippen molar-refractivity contribution in [2.45, 2.75) is 58.9 Å². The van der Waals surface area contributed by atoms with Crippen molar-refractivity contribution in [2.75, 3.05) is 0 Å². The van der Waals surface area contributed by atoms with E-state index >= 15 is 0 Å². The van der Waals surface area contributed by atoms with Crippen molar-refractivity contribution < 1.29 is 9.90 Å². The van der Waals surface area contributed by atoms with Crippen LogP contribution in [0.5, 0.6) is 0 Å². The molecule has 0 spiro atoms. The van der Waals surface area contributed by atoms with Crippen LogP contribution < -0.4 is 5.56 Å². The van der Waals surface area contributed by atoms with Gasteiger partial charge in [-0.1, -0.05) is 52.0 Å². The lowest BCUT2D eigenvalue weighted by Crippen LogP contribution is -2.44. The molecule has 28 heavy (non-hydrogen) atoms. The zero-order valence-electron chi connectivity index (χ0n) is 17.2. The second-order valence-electron chi connectivity index (χ2n) is 8.54. The van der Waals surface area contributed by atoms with Gasteiger partial charge in [-0.15, -0.1) is 11.3 Å².